The Bertz CT molecular complexity index is 744. The maximum absolute atomic E-state index is 12.5. The molecule has 0 bridgehead atoms. The van der Waals surface area contributed by atoms with Crippen LogP contribution in [0.5, 0.6) is 0 Å². The maximum atomic E-state index is 12.5. The van der Waals surface area contributed by atoms with E-state index in [-0.39, 0.29) is 17.9 Å². The van der Waals surface area contributed by atoms with Crippen LogP contribution in [0.15, 0.2) is 24.7 Å². The van der Waals surface area contributed by atoms with Gasteiger partial charge in [0.2, 0.25) is 5.91 Å². The highest BCUT2D eigenvalue weighted by Crippen LogP contribution is 2.31. The van der Waals surface area contributed by atoms with Crippen molar-refractivity contribution in [1.29, 1.82) is 0 Å². The Morgan fingerprint density at radius 3 is 2.70 bits per heavy atom. The predicted molar refractivity (Wildman–Crippen MR) is 82.8 cm³/mol. The summed E-state index contributed by atoms with van der Waals surface area (Å²) < 4.78 is 1.73. The van der Waals surface area contributed by atoms with Crippen LogP contribution in [0.4, 0.5) is 0 Å². The third-order valence-corrected chi connectivity index (χ3v) is 4.64. The monoisotopic (exact) mass is 313 g/mol. The van der Waals surface area contributed by atoms with Crippen molar-refractivity contribution in [3.05, 3.63) is 30.2 Å². The fourth-order valence-corrected chi connectivity index (χ4v) is 3.12. The van der Waals surface area contributed by atoms with Crippen molar-refractivity contribution in [2.75, 3.05) is 13.1 Å². The molecule has 0 spiro atoms. The highest BCUT2D eigenvalue weighted by molar-refractivity contribution is 5.99. The maximum Gasteiger partial charge on any atom is 0.255 e. The molecule has 0 unspecified atom stereocenters. The molecular formula is C16H19N5O2. The minimum absolute atomic E-state index is 0.105. The zero-order valence-electron chi connectivity index (χ0n) is 12.8. The van der Waals surface area contributed by atoms with E-state index in [1.165, 1.54) is 0 Å². The van der Waals surface area contributed by atoms with E-state index in [4.69, 9.17) is 0 Å². The minimum atomic E-state index is -0.129. The average Bonchev–Trinajstić information content (AvgIpc) is 3.31. The van der Waals surface area contributed by atoms with Crippen molar-refractivity contribution in [2.24, 2.45) is 5.92 Å². The predicted octanol–water partition coefficient (Wildman–Crippen LogP) is 0.860. The van der Waals surface area contributed by atoms with Crippen LogP contribution in [0.1, 0.15) is 36.0 Å². The molecule has 120 valence electrons. The van der Waals surface area contributed by atoms with E-state index in [1.807, 2.05) is 17.2 Å². The number of rotatable bonds is 3. The van der Waals surface area contributed by atoms with Crippen LogP contribution in [0, 0.1) is 5.92 Å². The Kier molecular flexibility index (Phi) is 3.48. The average molecular weight is 313 g/mol. The van der Waals surface area contributed by atoms with Crippen molar-refractivity contribution in [3.8, 4) is 0 Å². The van der Waals surface area contributed by atoms with E-state index >= 15 is 0 Å². The van der Waals surface area contributed by atoms with E-state index in [0.717, 1.165) is 38.8 Å². The number of carbonyl (C=O) groups is 2. The van der Waals surface area contributed by atoms with Gasteiger partial charge in [-0.3, -0.25) is 14.0 Å². The smallest absolute Gasteiger partial charge is 0.255 e. The second kappa shape index (κ2) is 5.64. The molecule has 4 rings (SSSR count). The summed E-state index contributed by atoms with van der Waals surface area (Å²) in [4.78, 5) is 26.5. The van der Waals surface area contributed by atoms with Crippen molar-refractivity contribution in [1.82, 2.24) is 24.8 Å². The zero-order valence-corrected chi connectivity index (χ0v) is 12.8. The second-order valence-corrected chi connectivity index (χ2v) is 6.33. The summed E-state index contributed by atoms with van der Waals surface area (Å²) in [6.45, 7) is 1.46. The number of pyridine rings is 1. The number of carbonyl (C=O) groups excluding carboxylic acids is 2. The molecule has 7 heteroatoms. The van der Waals surface area contributed by atoms with Crippen LogP contribution in [0.2, 0.25) is 0 Å². The van der Waals surface area contributed by atoms with Gasteiger partial charge in [-0.2, -0.15) is 0 Å². The number of aromatic nitrogens is 3. The first-order chi connectivity index (χ1) is 11.2. The molecule has 1 saturated carbocycles. The number of piperidine rings is 1. The highest BCUT2D eigenvalue weighted by Gasteiger charge is 2.35. The number of nitrogens with zero attached hydrogens (tertiary/aromatic N) is 4. The third kappa shape index (κ3) is 2.78. The zero-order chi connectivity index (χ0) is 15.8. The van der Waals surface area contributed by atoms with Crippen LogP contribution < -0.4 is 5.32 Å². The van der Waals surface area contributed by atoms with E-state index in [2.05, 4.69) is 15.5 Å². The van der Waals surface area contributed by atoms with Crippen molar-refractivity contribution in [3.63, 3.8) is 0 Å². The second-order valence-electron chi connectivity index (χ2n) is 6.33. The summed E-state index contributed by atoms with van der Waals surface area (Å²) in [5.74, 6) is 0.435. The number of amides is 2. The number of hydrogen-bond donors (Lipinski definition) is 1. The van der Waals surface area contributed by atoms with E-state index in [9.17, 15) is 9.59 Å². The van der Waals surface area contributed by atoms with E-state index in [1.54, 1.807) is 16.8 Å². The highest BCUT2D eigenvalue weighted by atomic mass is 16.2. The lowest BCUT2D eigenvalue weighted by Crippen LogP contribution is -2.47. The molecule has 0 atom stereocenters. The van der Waals surface area contributed by atoms with Gasteiger partial charge in [0, 0.05) is 31.2 Å². The Labute approximate surface area is 133 Å². The normalized spacial score (nSPS) is 19.0. The summed E-state index contributed by atoms with van der Waals surface area (Å²) in [6, 6.07) is 3.67. The van der Waals surface area contributed by atoms with Gasteiger partial charge in [0.05, 0.1) is 5.56 Å². The van der Waals surface area contributed by atoms with Crippen LogP contribution in [0.25, 0.3) is 5.65 Å². The molecule has 3 heterocycles. The van der Waals surface area contributed by atoms with Gasteiger partial charge in [-0.25, -0.2) is 0 Å². The molecule has 1 N–H and O–H groups in total. The topological polar surface area (TPSA) is 79.6 Å². The van der Waals surface area contributed by atoms with Crippen LogP contribution >= 0.6 is 0 Å². The first-order valence-corrected chi connectivity index (χ1v) is 8.10. The van der Waals surface area contributed by atoms with E-state index in [0.29, 0.717) is 17.1 Å². The van der Waals surface area contributed by atoms with Gasteiger partial charge in [0.25, 0.3) is 5.91 Å². The lowest BCUT2D eigenvalue weighted by Gasteiger charge is -2.32. The molecule has 2 aromatic heterocycles. The summed E-state index contributed by atoms with van der Waals surface area (Å²) in [5.41, 5.74) is 1.09. The van der Waals surface area contributed by atoms with Crippen LogP contribution in [-0.4, -0.2) is 50.4 Å². The fourth-order valence-electron chi connectivity index (χ4n) is 3.12. The summed E-state index contributed by atoms with van der Waals surface area (Å²) >= 11 is 0. The number of fused-ring (bicyclic) bond motifs is 1. The lowest BCUT2D eigenvalue weighted by atomic mass is 10.0. The number of likely N-dealkylation sites (tertiary alicyclic amines) is 1. The van der Waals surface area contributed by atoms with Gasteiger partial charge in [-0.05, 0) is 37.8 Å². The first kappa shape index (κ1) is 14.2. The van der Waals surface area contributed by atoms with Crippen LogP contribution in [-0.2, 0) is 4.79 Å². The molecule has 2 aromatic rings. The fraction of sp³-hybridized carbons (Fsp3) is 0.500. The first-order valence-electron chi connectivity index (χ1n) is 8.10. The summed E-state index contributed by atoms with van der Waals surface area (Å²) in [6.07, 6.45) is 7.08. The van der Waals surface area contributed by atoms with Crippen LogP contribution in [0.3, 0.4) is 0 Å². The molecular weight excluding hydrogens is 294 g/mol. The number of hydrogen-bond acceptors (Lipinski definition) is 4. The minimum Gasteiger partial charge on any atom is -0.349 e. The van der Waals surface area contributed by atoms with Gasteiger partial charge in [-0.1, -0.05) is 0 Å². The van der Waals surface area contributed by atoms with Crippen molar-refractivity contribution < 1.29 is 9.59 Å². The molecule has 7 nitrogen and oxygen atoms in total. The lowest BCUT2D eigenvalue weighted by molar-refractivity contribution is -0.133. The van der Waals surface area contributed by atoms with Gasteiger partial charge < -0.3 is 10.2 Å². The Balaban J connectivity index is 1.38. The Morgan fingerprint density at radius 2 is 1.96 bits per heavy atom. The quantitative estimate of drug-likeness (QED) is 0.911. The molecule has 2 fully saturated rings. The Hall–Kier alpha value is -2.44. The molecule has 1 aliphatic carbocycles. The summed E-state index contributed by atoms with van der Waals surface area (Å²) in [7, 11) is 0. The molecule has 23 heavy (non-hydrogen) atoms. The molecule has 2 amide bonds. The number of nitrogens with one attached hydrogen (secondary N) is 1. The van der Waals surface area contributed by atoms with E-state index < -0.39 is 0 Å². The Morgan fingerprint density at radius 1 is 1.17 bits per heavy atom. The van der Waals surface area contributed by atoms with Crippen molar-refractivity contribution in [2.45, 2.75) is 31.7 Å². The third-order valence-electron chi connectivity index (χ3n) is 4.64. The van der Waals surface area contributed by atoms with Gasteiger partial charge in [0.1, 0.15) is 6.33 Å². The molecule has 0 aromatic carbocycles. The standard InChI is InChI=1S/C16H19N5O2/c22-15(13-2-1-7-21-10-17-19-14(13)21)18-12-5-8-20(9-6-12)16(23)11-3-4-11/h1-2,7,10-12H,3-6,8-9H2,(H,18,22). The largest absolute Gasteiger partial charge is 0.349 e. The molecule has 0 radical (unpaired) electrons. The molecule has 1 saturated heterocycles. The van der Waals surface area contributed by atoms with Gasteiger partial charge in [-0.15, -0.1) is 10.2 Å². The molecule has 2 aliphatic rings. The van der Waals surface area contributed by atoms with Crippen molar-refractivity contribution >= 4 is 17.5 Å². The SMILES string of the molecule is O=C(NC1CCN(C(=O)C2CC2)CC1)c1cccn2cnnc12. The van der Waals surface area contributed by atoms with Gasteiger partial charge >= 0.3 is 0 Å². The molecule has 1 aliphatic heterocycles. The van der Waals surface area contributed by atoms with Gasteiger partial charge in [0.15, 0.2) is 5.65 Å². The summed E-state index contributed by atoms with van der Waals surface area (Å²) in [5, 5.41) is 10.9.